The standard InChI is InChI=1S/C16H18N2O5/c1-22-13-5-3-4-11(8-13)15(19)10-17-12-6-7-14(18(20)21)16(9-12)23-2/h3-9,15,17,19H,10H2,1-2H3. The number of nitro benzene ring substituents is 1. The van der Waals surface area contributed by atoms with Gasteiger partial charge in [0.2, 0.25) is 0 Å². The lowest BCUT2D eigenvalue weighted by atomic mass is 10.1. The van der Waals surface area contributed by atoms with E-state index in [-0.39, 0.29) is 18.0 Å². The Morgan fingerprint density at radius 2 is 2.00 bits per heavy atom. The van der Waals surface area contributed by atoms with Crippen molar-refractivity contribution in [2.75, 3.05) is 26.1 Å². The summed E-state index contributed by atoms with van der Waals surface area (Å²) in [5, 5.41) is 24.1. The van der Waals surface area contributed by atoms with E-state index in [1.54, 1.807) is 37.4 Å². The van der Waals surface area contributed by atoms with Gasteiger partial charge in [-0.2, -0.15) is 0 Å². The summed E-state index contributed by atoms with van der Waals surface area (Å²) in [6.45, 7) is 0.244. The summed E-state index contributed by atoms with van der Waals surface area (Å²) in [5.74, 6) is 0.828. The molecule has 0 aliphatic rings. The topological polar surface area (TPSA) is 93.9 Å². The largest absolute Gasteiger partial charge is 0.497 e. The third kappa shape index (κ3) is 4.10. The second-order valence-corrected chi connectivity index (χ2v) is 4.82. The van der Waals surface area contributed by atoms with Crippen molar-refractivity contribution in [3.8, 4) is 11.5 Å². The maximum absolute atomic E-state index is 10.9. The van der Waals surface area contributed by atoms with Gasteiger partial charge < -0.3 is 19.9 Å². The normalized spacial score (nSPS) is 11.6. The van der Waals surface area contributed by atoms with E-state index in [0.29, 0.717) is 17.0 Å². The summed E-state index contributed by atoms with van der Waals surface area (Å²) in [4.78, 5) is 10.4. The number of hydrogen-bond donors (Lipinski definition) is 2. The molecule has 2 aromatic rings. The Bertz CT molecular complexity index is 690. The molecule has 23 heavy (non-hydrogen) atoms. The van der Waals surface area contributed by atoms with E-state index >= 15 is 0 Å². The van der Waals surface area contributed by atoms with Gasteiger partial charge in [0.05, 0.1) is 25.2 Å². The van der Waals surface area contributed by atoms with Crippen LogP contribution in [-0.2, 0) is 0 Å². The fraction of sp³-hybridized carbons (Fsp3) is 0.250. The molecule has 0 saturated heterocycles. The van der Waals surface area contributed by atoms with Crippen LogP contribution in [0.1, 0.15) is 11.7 Å². The SMILES string of the molecule is COc1cccc(C(O)CNc2ccc([N+](=O)[O-])c(OC)c2)c1. The molecule has 2 rings (SSSR count). The molecule has 7 heteroatoms. The molecule has 1 unspecified atom stereocenters. The summed E-state index contributed by atoms with van der Waals surface area (Å²) in [7, 11) is 2.93. The highest BCUT2D eigenvalue weighted by Gasteiger charge is 2.15. The first-order valence-corrected chi connectivity index (χ1v) is 6.93. The molecule has 0 aromatic heterocycles. The fourth-order valence-electron chi connectivity index (χ4n) is 2.12. The molecule has 0 saturated carbocycles. The average Bonchev–Trinajstić information content (AvgIpc) is 2.59. The van der Waals surface area contributed by atoms with Crippen LogP contribution in [0.15, 0.2) is 42.5 Å². The summed E-state index contributed by atoms with van der Waals surface area (Å²) in [6.07, 6.45) is -0.744. The Kier molecular flexibility index (Phi) is 5.37. The maximum Gasteiger partial charge on any atom is 0.311 e. The Balaban J connectivity index is 2.06. The Labute approximate surface area is 133 Å². The van der Waals surface area contributed by atoms with E-state index in [2.05, 4.69) is 5.32 Å². The number of benzene rings is 2. The zero-order valence-electron chi connectivity index (χ0n) is 12.9. The van der Waals surface area contributed by atoms with Crippen LogP contribution in [0.3, 0.4) is 0 Å². The third-order valence-corrected chi connectivity index (χ3v) is 3.35. The first kappa shape index (κ1) is 16.6. The molecule has 0 amide bonds. The highest BCUT2D eigenvalue weighted by atomic mass is 16.6. The van der Waals surface area contributed by atoms with Gasteiger partial charge in [-0.05, 0) is 23.8 Å². The molecule has 0 heterocycles. The zero-order chi connectivity index (χ0) is 16.8. The molecule has 0 bridgehead atoms. The van der Waals surface area contributed by atoms with Gasteiger partial charge in [0.15, 0.2) is 5.75 Å². The number of nitrogens with one attached hydrogen (secondary N) is 1. The number of anilines is 1. The lowest BCUT2D eigenvalue weighted by Gasteiger charge is -2.14. The lowest BCUT2D eigenvalue weighted by Crippen LogP contribution is -2.12. The number of aliphatic hydroxyl groups is 1. The zero-order valence-corrected chi connectivity index (χ0v) is 12.9. The van der Waals surface area contributed by atoms with Gasteiger partial charge >= 0.3 is 5.69 Å². The fourth-order valence-corrected chi connectivity index (χ4v) is 2.12. The number of hydrogen-bond acceptors (Lipinski definition) is 6. The van der Waals surface area contributed by atoms with Crippen LogP contribution in [0.5, 0.6) is 11.5 Å². The average molecular weight is 318 g/mol. The van der Waals surface area contributed by atoms with E-state index in [1.165, 1.54) is 19.2 Å². The Morgan fingerprint density at radius 3 is 2.65 bits per heavy atom. The van der Waals surface area contributed by atoms with Gasteiger partial charge in [-0.25, -0.2) is 0 Å². The van der Waals surface area contributed by atoms with Crippen molar-refractivity contribution in [1.82, 2.24) is 0 Å². The van der Waals surface area contributed by atoms with Crippen LogP contribution in [0.25, 0.3) is 0 Å². The number of methoxy groups -OCH3 is 2. The molecule has 0 radical (unpaired) electrons. The van der Waals surface area contributed by atoms with Crippen molar-refractivity contribution < 1.29 is 19.5 Å². The molecule has 2 aromatic carbocycles. The first-order chi connectivity index (χ1) is 11.0. The van der Waals surface area contributed by atoms with E-state index in [0.717, 1.165) is 0 Å². The van der Waals surface area contributed by atoms with Gasteiger partial charge in [0.25, 0.3) is 0 Å². The first-order valence-electron chi connectivity index (χ1n) is 6.93. The van der Waals surface area contributed by atoms with Crippen LogP contribution in [0, 0.1) is 10.1 Å². The quantitative estimate of drug-likeness (QED) is 0.602. The van der Waals surface area contributed by atoms with Crippen molar-refractivity contribution in [3.05, 3.63) is 58.1 Å². The molecule has 7 nitrogen and oxygen atoms in total. The monoisotopic (exact) mass is 318 g/mol. The second kappa shape index (κ2) is 7.46. The molecule has 1 atom stereocenters. The third-order valence-electron chi connectivity index (χ3n) is 3.35. The molecular formula is C16H18N2O5. The second-order valence-electron chi connectivity index (χ2n) is 4.82. The predicted octanol–water partition coefficient (Wildman–Crippen LogP) is 2.76. The van der Waals surface area contributed by atoms with Crippen LogP contribution >= 0.6 is 0 Å². The molecule has 0 aliphatic heterocycles. The molecule has 122 valence electrons. The van der Waals surface area contributed by atoms with E-state index < -0.39 is 11.0 Å². The van der Waals surface area contributed by atoms with E-state index in [1.807, 2.05) is 0 Å². The van der Waals surface area contributed by atoms with Crippen molar-refractivity contribution in [2.24, 2.45) is 0 Å². The summed E-state index contributed by atoms with van der Waals surface area (Å²) < 4.78 is 10.1. The van der Waals surface area contributed by atoms with Gasteiger partial charge in [0, 0.05) is 24.4 Å². The van der Waals surface area contributed by atoms with E-state index in [4.69, 9.17) is 9.47 Å². The van der Waals surface area contributed by atoms with Crippen LogP contribution in [-0.4, -0.2) is 30.8 Å². The van der Waals surface area contributed by atoms with Crippen LogP contribution in [0.2, 0.25) is 0 Å². The molecule has 0 aliphatic carbocycles. The molecule has 2 N–H and O–H groups in total. The number of aliphatic hydroxyl groups excluding tert-OH is 1. The van der Waals surface area contributed by atoms with Crippen molar-refractivity contribution in [3.63, 3.8) is 0 Å². The van der Waals surface area contributed by atoms with Crippen molar-refractivity contribution in [1.29, 1.82) is 0 Å². The lowest BCUT2D eigenvalue weighted by molar-refractivity contribution is -0.385. The number of ether oxygens (including phenoxy) is 2. The van der Waals surface area contributed by atoms with Gasteiger partial charge in [-0.3, -0.25) is 10.1 Å². The van der Waals surface area contributed by atoms with Crippen LogP contribution < -0.4 is 14.8 Å². The van der Waals surface area contributed by atoms with Gasteiger partial charge in [-0.15, -0.1) is 0 Å². The number of nitrogens with zero attached hydrogens (tertiary/aromatic N) is 1. The maximum atomic E-state index is 10.9. The predicted molar refractivity (Wildman–Crippen MR) is 86.1 cm³/mol. The van der Waals surface area contributed by atoms with Crippen LogP contribution in [0.4, 0.5) is 11.4 Å². The Hall–Kier alpha value is -2.80. The van der Waals surface area contributed by atoms with Gasteiger partial charge in [0.1, 0.15) is 5.75 Å². The minimum absolute atomic E-state index is 0.105. The van der Waals surface area contributed by atoms with Gasteiger partial charge in [-0.1, -0.05) is 12.1 Å². The molecule has 0 spiro atoms. The summed E-state index contributed by atoms with van der Waals surface area (Å²) >= 11 is 0. The van der Waals surface area contributed by atoms with Crippen molar-refractivity contribution in [2.45, 2.75) is 6.10 Å². The highest BCUT2D eigenvalue weighted by Crippen LogP contribution is 2.30. The molecule has 0 fully saturated rings. The summed E-state index contributed by atoms with van der Waals surface area (Å²) in [6, 6.07) is 11.6. The van der Waals surface area contributed by atoms with E-state index in [9.17, 15) is 15.2 Å². The van der Waals surface area contributed by atoms with Crippen molar-refractivity contribution >= 4 is 11.4 Å². The number of nitro groups is 1. The number of rotatable bonds is 7. The summed E-state index contributed by atoms with van der Waals surface area (Å²) in [5.41, 5.74) is 1.23. The minimum Gasteiger partial charge on any atom is -0.497 e. The Morgan fingerprint density at radius 1 is 1.22 bits per heavy atom. The smallest absolute Gasteiger partial charge is 0.311 e. The highest BCUT2D eigenvalue weighted by molar-refractivity contribution is 5.58. The minimum atomic E-state index is -0.744. The molecular weight excluding hydrogens is 300 g/mol.